The molecule has 4 heteroatoms. The van der Waals surface area contributed by atoms with Crippen molar-refractivity contribution in [2.75, 3.05) is 6.54 Å². The number of benzene rings is 1. The summed E-state index contributed by atoms with van der Waals surface area (Å²) in [6, 6.07) is 7.88. The van der Waals surface area contributed by atoms with Crippen molar-refractivity contribution in [2.45, 2.75) is 56.9 Å². The monoisotopic (exact) mass is 312 g/mol. The van der Waals surface area contributed by atoms with Crippen molar-refractivity contribution in [1.82, 2.24) is 10.2 Å². The van der Waals surface area contributed by atoms with E-state index in [0.717, 1.165) is 37.7 Å². The number of urea groups is 1. The summed E-state index contributed by atoms with van der Waals surface area (Å²) >= 11 is 0. The van der Waals surface area contributed by atoms with Crippen molar-refractivity contribution in [2.24, 2.45) is 5.92 Å². The first-order valence-electron chi connectivity index (χ1n) is 8.93. The van der Waals surface area contributed by atoms with Gasteiger partial charge in [0.15, 0.2) is 0 Å². The van der Waals surface area contributed by atoms with E-state index >= 15 is 0 Å². The highest BCUT2D eigenvalue weighted by molar-refractivity contribution is 6.07. The van der Waals surface area contributed by atoms with Crippen LogP contribution in [0, 0.1) is 5.92 Å². The van der Waals surface area contributed by atoms with Gasteiger partial charge in [0.1, 0.15) is 5.54 Å². The van der Waals surface area contributed by atoms with Crippen LogP contribution in [-0.2, 0) is 16.8 Å². The third-order valence-electron chi connectivity index (χ3n) is 5.82. The van der Waals surface area contributed by atoms with Crippen LogP contribution >= 0.6 is 0 Å². The van der Waals surface area contributed by atoms with Crippen LogP contribution in [0.25, 0.3) is 0 Å². The summed E-state index contributed by atoms with van der Waals surface area (Å²) < 4.78 is 0. The summed E-state index contributed by atoms with van der Waals surface area (Å²) in [7, 11) is 0. The van der Waals surface area contributed by atoms with Gasteiger partial charge in [-0.15, -0.1) is 0 Å². The maximum atomic E-state index is 13.2. The fourth-order valence-electron chi connectivity index (χ4n) is 4.61. The highest BCUT2D eigenvalue weighted by Gasteiger charge is 2.54. The quantitative estimate of drug-likeness (QED) is 0.851. The number of nitrogens with zero attached hydrogens (tertiary/aromatic N) is 1. The fraction of sp³-hybridized carbons (Fsp3) is 0.579. The second kappa shape index (κ2) is 5.66. The number of fused-ring (bicyclic) bond motifs is 2. The number of carbonyl (C=O) groups is 2. The summed E-state index contributed by atoms with van der Waals surface area (Å²) in [6.07, 6.45) is 8.67. The molecule has 1 heterocycles. The molecule has 1 aromatic rings. The molecule has 1 atom stereocenters. The van der Waals surface area contributed by atoms with Gasteiger partial charge in [0, 0.05) is 6.54 Å². The lowest BCUT2D eigenvalue weighted by Crippen LogP contribution is -2.46. The molecule has 1 aromatic carbocycles. The van der Waals surface area contributed by atoms with Gasteiger partial charge in [-0.25, -0.2) is 4.79 Å². The molecule has 1 spiro atoms. The Balaban J connectivity index is 1.62. The molecule has 0 radical (unpaired) electrons. The first kappa shape index (κ1) is 14.7. The van der Waals surface area contributed by atoms with Crippen LogP contribution in [0.2, 0.25) is 0 Å². The van der Waals surface area contributed by atoms with Crippen LogP contribution in [0.1, 0.15) is 56.1 Å². The van der Waals surface area contributed by atoms with Crippen LogP contribution in [0.4, 0.5) is 4.79 Å². The first-order chi connectivity index (χ1) is 11.2. The Labute approximate surface area is 137 Å². The minimum Gasteiger partial charge on any atom is -0.319 e. The number of imide groups is 1. The van der Waals surface area contributed by atoms with Crippen molar-refractivity contribution in [3.63, 3.8) is 0 Å². The molecule has 2 aliphatic carbocycles. The SMILES string of the molecule is O=C1N[C@]2(CCCc3ccccc32)C(=O)N1CC1CCCCC1. The number of hydrogen-bond acceptors (Lipinski definition) is 2. The van der Waals surface area contributed by atoms with Gasteiger partial charge in [-0.2, -0.15) is 0 Å². The topological polar surface area (TPSA) is 49.4 Å². The predicted octanol–water partition coefficient (Wildman–Crippen LogP) is 3.35. The highest BCUT2D eigenvalue weighted by Crippen LogP contribution is 2.40. The molecule has 1 saturated carbocycles. The molecule has 1 N–H and O–H groups in total. The molecule has 3 aliphatic rings. The Kier molecular flexibility index (Phi) is 3.63. The molecule has 1 saturated heterocycles. The molecule has 23 heavy (non-hydrogen) atoms. The number of carbonyl (C=O) groups excluding carboxylic acids is 2. The normalized spacial score (nSPS) is 28.1. The van der Waals surface area contributed by atoms with Crippen molar-refractivity contribution in [3.8, 4) is 0 Å². The third kappa shape index (κ3) is 2.35. The number of rotatable bonds is 2. The van der Waals surface area contributed by atoms with E-state index in [1.165, 1.54) is 29.7 Å². The highest BCUT2D eigenvalue weighted by atomic mass is 16.2. The summed E-state index contributed by atoms with van der Waals surface area (Å²) in [5.41, 5.74) is 1.41. The van der Waals surface area contributed by atoms with Gasteiger partial charge in [0.25, 0.3) is 5.91 Å². The lowest BCUT2D eigenvalue weighted by atomic mass is 9.76. The summed E-state index contributed by atoms with van der Waals surface area (Å²) in [6.45, 7) is 0.592. The van der Waals surface area contributed by atoms with Crippen molar-refractivity contribution in [3.05, 3.63) is 35.4 Å². The third-order valence-corrected chi connectivity index (χ3v) is 5.82. The Hall–Kier alpha value is -1.84. The molecular weight excluding hydrogens is 288 g/mol. The molecule has 4 rings (SSSR count). The maximum absolute atomic E-state index is 13.2. The number of hydrogen-bond donors (Lipinski definition) is 1. The Morgan fingerprint density at radius 2 is 1.87 bits per heavy atom. The van der Waals surface area contributed by atoms with Gasteiger partial charge >= 0.3 is 6.03 Å². The second-order valence-electron chi connectivity index (χ2n) is 7.27. The average Bonchev–Trinajstić information content (AvgIpc) is 2.81. The lowest BCUT2D eigenvalue weighted by molar-refractivity contribution is -0.132. The number of aryl methyl sites for hydroxylation is 1. The van der Waals surface area contributed by atoms with Crippen LogP contribution < -0.4 is 5.32 Å². The fourth-order valence-corrected chi connectivity index (χ4v) is 4.61. The minimum absolute atomic E-state index is 0.0276. The molecule has 2 fully saturated rings. The molecule has 122 valence electrons. The average molecular weight is 312 g/mol. The van der Waals surface area contributed by atoms with E-state index < -0.39 is 5.54 Å². The molecule has 1 aliphatic heterocycles. The van der Waals surface area contributed by atoms with Gasteiger partial charge < -0.3 is 5.32 Å². The Bertz CT molecular complexity index is 636. The molecule has 0 aromatic heterocycles. The standard InChI is InChI=1S/C19H24N2O2/c22-17-19(12-6-10-15-9-4-5-11-16(15)19)20-18(23)21(17)13-14-7-2-1-3-8-14/h4-5,9,11,14H,1-3,6-8,10,12-13H2,(H,20,23)/t19-/m0/s1. The van der Waals surface area contributed by atoms with Gasteiger partial charge in [-0.3, -0.25) is 9.69 Å². The van der Waals surface area contributed by atoms with Crippen LogP contribution in [0.3, 0.4) is 0 Å². The summed E-state index contributed by atoms with van der Waals surface area (Å²) in [4.78, 5) is 27.2. The summed E-state index contributed by atoms with van der Waals surface area (Å²) in [5.74, 6) is 0.452. The minimum atomic E-state index is -0.805. The van der Waals surface area contributed by atoms with Crippen molar-refractivity contribution in [1.29, 1.82) is 0 Å². The maximum Gasteiger partial charge on any atom is 0.325 e. The van der Waals surface area contributed by atoms with Gasteiger partial charge in [-0.1, -0.05) is 43.5 Å². The Morgan fingerprint density at radius 1 is 1.09 bits per heavy atom. The number of amides is 3. The Morgan fingerprint density at radius 3 is 2.70 bits per heavy atom. The van der Waals surface area contributed by atoms with E-state index in [2.05, 4.69) is 11.4 Å². The molecule has 0 bridgehead atoms. The predicted molar refractivity (Wildman–Crippen MR) is 87.9 cm³/mol. The molecular formula is C19H24N2O2. The zero-order valence-corrected chi connectivity index (χ0v) is 13.5. The lowest BCUT2D eigenvalue weighted by Gasteiger charge is -2.33. The van der Waals surface area contributed by atoms with E-state index in [1.807, 2.05) is 18.2 Å². The zero-order valence-electron chi connectivity index (χ0n) is 13.5. The second-order valence-corrected chi connectivity index (χ2v) is 7.27. The number of nitrogens with one attached hydrogen (secondary N) is 1. The first-order valence-corrected chi connectivity index (χ1v) is 8.93. The smallest absolute Gasteiger partial charge is 0.319 e. The molecule has 0 unspecified atom stereocenters. The van der Waals surface area contributed by atoms with E-state index in [0.29, 0.717) is 12.5 Å². The summed E-state index contributed by atoms with van der Waals surface area (Å²) in [5, 5.41) is 3.05. The van der Waals surface area contributed by atoms with Crippen molar-refractivity contribution >= 4 is 11.9 Å². The van der Waals surface area contributed by atoms with Crippen LogP contribution in [-0.4, -0.2) is 23.4 Å². The van der Waals surface area contributed by atoms with E-state index in [9.17, 15) is 9.59 Å². The van der Waals surface area contributed by atoms with Crippen LogP contribution in [0.5, 0.6) is 0 Å². The molecule has 4 nitrogen and oxygen atoms in total. The van der Waals surface area contributed by atoms with Gasteiger partial charge in [0.2, 0.25) is 0 Å². The van der Waals surface area contributed by atoms with Gasteiger partial charge in [0.05, 0.1) is 0 Å². The van der Waals surface area contributed by atoms with E-state index in [1.54, 1.807) is 0 Å². The van der Waals surface area contributed by atoms with E-state index in [4.69, 9.17) is 0 Å². The van der Waals surface area contributed by atoms with Gasteiger partial charge in [-0.05, 0) is 49.1 Å². The molecule has 3 amide bonds. The van der Waals surface area contributed by atoms with E-state index in [-0.39, 0.29) is 11.9 Å². The zero-order chi connectivity index (χ0) is 15.9. The van der Waals surface area contributed by atoms with Crippen molar-refractivity contribution < 1.29 is 9.59 Å². The largest absolute Gasteiger partial charge is 0.325 e. The van der Waals surface area contributed by atoms with Crippen LogP contribution in [0.15, 0.2) is 24.3 Å².